The lowest BCUT2D eigenvalue weighted by Crippen LogP contribution is -2.38. The molecular weight excluding hydrogens is 518 g/mol. The Labute approximate surface area is 260 Å². The van der Waals surface area contributed by atoms with Crippen LogP contribution in [0.5, 0.6) is 0 Å². The Morgan fingerprint density at radius 1 is 1.00 bits per heavy atom. The van der Waals surface area contributed by atoms with Gasteiger partial charge in [0.05, 0.1) is 5.69 Å². The van der Waals surface area contributed by atoms with Gasteiger partial charge < -0.3 is 9.80 Å². The van der Waals surface area contributed by atoms with Crippen molar-refractivity contribution in [1.82, 2.24) is 14.4 Å². The summed E-state index contributed by atoms with van der Waals surface area (Å²) >= 11 is 0. The second-order valence-corrected chi connectivity index (χ2v) is 11.3. The maximum atomic E-state index is 13.1. The number of allylic oxidation sites excluding steroid dienone is 1. The number of carbonyl (C=O) groups is 2. The van der Waals surface area contributed by atoms with E-state index in [1.165, 1.54) is 61.6 Å². The van der Waals surface area contributed by atoms with Crippen molar-refractivity contribution in [1.29, 1.82) is 0 Å². The smallest absolute Gasteiger partial charge is 0.231 e. The van der Waals surface area contributed by atoms with E-state index < -0.39 is 0 Å². The van der Waals surface area contributed by atoms with Gasteiger partial charge in [0, 0.05) is 43.9 Å². The summed E-state index contributed by atoms with van der Waals surface area (Å²) in [5.74, 6) is 0.680. The van der Waals surface area contributed by atoms with Crippen molar-refractivity contribution in [2.75, 3.05) is 26.7 Å². The molecule has 42 heavy (non-hydrogen) atoms. The summed E-state index contributed by atoms with van der Waals surface area (Å²) < 4.78 is 1.89. The average Bonchev–Trinajstić information content (AvgIpc) is 3.40. The molecule has 1 aromatic rings. The van der Waals surface area contributed by atoms with E-state index in [-0.39, 0.29) is 5.91 Å². The van der Waals surface area contributed by atoms with Gasteiger partial charge in [-0.25, -0.2) is 0 Å². The topological polar surface area (TPSA) is 45.6 Å². The molecule has 5 nitrogen and oxygen atoms in total. The number of hydrogen-bond acceptors (Lipinski definition) is 3. The first-order valence-electron chi connectivity index (χ1n) is 16.9. The third kappa shape index (κ3) is 13.7. The van der Waals surface area contributed by atoms with Crippen molar-refractivity contribution >= 4 is 24.0 Å². The minimum atomic E-state index is 0.211. The van der Waals surface area contributed by atoms with Crippen LogP contribution in [-0.4, -0.2) is 59.4 Å². The van der Waals surface area contributed by atoms with Crippen molar-refractivity contribution in [3.63, 3.8) is 0 Å². The molecule has 2 rings (SSSR count). The number of amides is 1. The molecule has 1 aliphatic rings. The highest BCUT2D eigenvalue weighted by Crippen LogP contribution is 2.37. The fourth-order valence-corrected chi connectivity index (χ4v) is 5.52. The van der Waals surface area contributed by atoms with Crippen LogP contribution in [-0.2, 0) is 11.2 Å². The van der Waals surface area contributed by atoms with Crippen LogP contribution in [0.25, 0.3) is 11.6 Å². The van der Waals surface area contributed by atoms with Crippen molar-refractivity contribution < 1.29 is 9.59 Å². The van der Waals surface area contributed by atoms with E-state index in [4.69, 9.17) is 0 Å². The number of hydrogen-bond donors (Lipinski definition) is 0. The van der Waals surface area contributed by atoms with Gasteiger partial charge in [-0.15, -0.1) is 6.58 Å². The Hall–Kier alpha value is -2.40. The van der Waals surface area contributed by atoms with Crippen LogP contribution in [0.1, 0.15) is 141 Å². The van der Waals surface area contributed by atoms with Crippen molar-refractivity contribution in [3.05, 3.63) is 48.3 Å². The van der Waals surface area contributed by atoms with E-state index in [9.17, 15) is 9.59 Å². The van der Waals surface area contributed by atoms with Gasteiger partial charge in [-0.2, -0.15) is 0 Å². The third-order valence-corrected chi connectivity index (χ3v) is 8.22. The predicted octanol–water partition coefficient (Wildman–Crippen LogP) is 9.68. The van der Waals surface area contributed by atoms with Crippen LogP contribution in [0.2, 0.25) is 0 Å². The second-order valence-electron chi connectivity index (χ2n) is 11.3. The van der Waals surface area contributed by atoms with Gasteiger partial charge in [0.1, 0.15) is 0 Å². The monoisotopic (exact) mass is 584 g/mol. The van der Waals surface area contributed by atoms with Crippen LogP contribution < -0.4 is 0 Å². The molecule has 0 bridgehead atoms. The molecule has 0 fully saturated rings. The Kier molecular flexibility index (Phi) is 22.7. The Morgan fingerprint density at radius 3 is 2.02 bits per heavy atom. The molecule has 0 spiro atoms. The number of unbranched alkanes of at least 4 members (excludes halogenated alkanes) is 8. The zero-order valence-electron chi connectivity index (χ0n) is 28.7. The van der Waals surface area contributed by atoms with Gasteiger partial charge in [-0.1, -0.05) is 97.8 Å². The molecule has 5 heteroatoms. The molecule has 2 atom stereocenters. The molecule has 0 aliphatic heterocycles. The molecule has 1 aliphatic carbocycles. The highest BCUT2D eigenvalue weighted by molar-refractivity contribution is 5.87. The fraction of sp³-hybridized carbons (Fsp3) is 0.676. The van der Waals surface area contributed by atoms with E-state index in [0.717, 1.165) is 57.4 Å². The van der Waals surface area contributed by atoms with E-state index in [0.29, 0.717) is 18.4 Å². The minimum absolute atomic E-state index is 0.211. The lowest BCUT2D eigenvalue weighted by molar-refractivity contribution is -0.117. The molecule has 0 N–H and O–H groups in total. The molecule has 0 radical (unpaired) electrons. The van der Waals surface area contributed by atoms with E-state index in [1.54, 1.807) is 4.90 Å². The number of nitrogens with zero attached hydrogens (tertiary/aromatic N) is 3. The van der Waals surface area contributed by atoms with E-state index in [1.807, 2.05) is 44.4 Å². The van der Waals surface area contributed by atoms with Crippen molar-refractivity contribution in [3.8, 4) is 0 Å². The molecule has 1 unspecified atom stereocenters. The molecule has 0 aromatic carbocycles. The number of aromatic nitrogens is 1. The number of likely N-dealkylation sites (N-methyl/N-ethyl adjacent to an activating group) is 1. The van der Waals surface area contributed by atoms with Crippen molar-refractivity contribution in [2.45, 2.75) is 132 Å². The number of fused-ring (bicyclic) bond motifs is 1. The summed E-state index contributed by atoms with van der Waals surface area (Å²) in [6.45, 7) is 25.1. The third-order valence-electron chi connectivity index (χ3n) is 8.22. The largest absolute Gasteiger partial charge is 0.346 e. The molecule has 1 heterocycles. The number of rotatable bonds is 18. The van der Waals surface area contributed by atoms with E-state index in [2.05, 4.69) is 58.1 Å². The van der Waals surface area contributed by atoms with Crippen LogP contribution in [0, 0.1) is 5.92 Å². The lowest BCUT2D eigenvalue weighted by Gasteiger charge is -2.34. The van der Waals surface area contributed by atoms with Gasteiger partial charge >= 0.3 is 0 Å². The van der Waals surface area contributed by atoms with Gasteiger partial charge in [-0.05, 0) is 70.2 Å². The normalized spacial score (nSPS) is 15.5. The number of carbonyl (C=O) groups excluding carboxylic acids is 2. The summed E-state index contributed by atoms with van der Waals surface area (Å²) in [4.78, 5) is 27.2. The van der Waals surface area contributed by atoms with Crippen LogP contribution in [0.3, 0.4) is 0 Å². The molecule has 240 valence electrons. The fourth-order valence-electron chi connectivity index (χ4n) is 5.52. The predicted molar refractivity (Wildman–Crippen MR) is 185 cm³/mol. The van der Waals surface area contributed by atoms with Gasteiger partial charge in [0.25, 0.3) is 0 Å². The van der Waals surface area contributed by atoms with Crippen LogP contribution in [0.4, 0.5) is 0 Å². The van der Waals surface area contributed by atoms with Gasteiger partial charge in [0.2, 0.25) is 12.3 Å². The molecule has 1 aromatic heterocycles. The van der Waals surface area contributed by atoms with Crippen molar-refractivity contribution in [2.24, 2.45) is 5.92 Å². The first-order chi connectivity index (χ1) is 20.3. The Morgan fingerprint density at radius 2 is 1.57 bits per heavy atom. The molecular formula is C37H65N3O2. The quantitative estimate of drug-likeness (QED) is 0.0982. The maximum Gasteiger partial charge on any atom is 0.231 e. The molecule has 0 saturated carbocycles. The van der Waals surface area contributed by atoms with Gasteiger partial charge in [-0.3, -0.25) is 14.2 Å². The minimum Gasteiger partial charge on any atom is -0.346 e. The van der Waals surface area contributed by atoms with Crippen LogP contribution in [0.15, 0.2) is 31.5 Å². The second kappa shape index (κ2) is 24.1. The zero-order chi connectivity index (χ0) is 31.9. The Bertz CT molecular complexity index is 926. The van der Waals surface area contributed by atoms with E-state index >= 15 is 0 Å². The van der Waals surface area contributed by atoms with Gasteiger partial charge in [0.15, 0.2) is 0 Å². The SMILES string of the molecule is C=Cc1c2c(cn1C(=O)CCCCCCCCCCC)C[C@@H](N(C)CC(C)C=C)C/C2=C/C.CC.CCN(C=O)CC. The summed E-state index contributed by atoms with van der Waals surface area (Å²) in [5, 5.41) is 0. The zero-order valence-corrected chi connectivity index (χ0v) is 28.7. The standard InChI is InChI=1S/C30H48N2O.C5H11NO.C2H6/c1-7-11-12-13-14-15-16-17-18-19-29(33)32-23-26-21-27(31(6)22-24(5)8-2)20-25(9-3)30(26)28(32)10-4;1-3-6(4-2)5-7;1-2/h8-10,23-24,27H,2,4,7,11-22H2,1,3,5-6H3;5H,3-4H2,1-2H3;1-2H3/b25-9-;;/t24?,27-;;/m0../s1. The summed E-state index contributed by atoms with van der Waals surface area (Å²) in [5.41, 5.74) is 4.85. The van der Waals surface area contributed by atoms with Crippen LogP contribution >= 0.6 is 0 Å². The highest BCUT2D eigenvalue weighted by Gasteiger charge is 2.30. The summed E-state index contributed by atoms with van der Waals surface area (Å²) in [6.07, 6.45) is 23.1. The first-order valence-corrected chi connectivity index (χ1v) is 16.9. The maximum absolute atomic E-state index is 13.1. The summed E-state index contributed by atoms with van der Waals surface area (Å²) in [7, 11) is 2.21. The lowest BCUT2D eigenvalue weighted by atomic mass is 9.84. The molecule has 0 saturated heterocycles. The average molecular weight is 584 g/mol. The first kappa shape index (κ1) is 39.6. The Balaban J connectivity index is 0.00000163. The molecule has 1 amide bonds. The highest BCUT2D eigenvalue weighted by atomic mass is 16.2. The summed E-state index contributed by atoms with van der Waals surface area (Å²) in [6, 6.07) is 0.451.